The minimum Gasteiger partial charge on any atom is -0.363 e. The van der Waals surface area contributed by atoms with Crippen molar-refractivity contribution in [1.82, 2.24) is 5.32 Å². The summed E-state index contributed by atoms with van der Waals surface area (Å²) in [4.78, 5) is 27.5. The molecule has 1 atom stereocenters. The van der Waals surface area contributed by atoms with Crippen LogP contribution in [0.2, 0.25) is 0 Å². The Morgan fingerprint density at radius 1 is 0.895 bits per heavy atom. The lowest BCUT2D eigenvalue weighted by Crippen LogP contribution is -2.55. The highest BCUT2D eigenvalue weighted by Gasteiger charge is 2.49. The maximum absolute atomic E-state index is 14.2. The number of fused-ring (bicyclic) bond motifs is 3. The molecule has 1 unspecified atom stereocenters. The summed E-state index contributed by atoms with van der Waals surface area (Å²) in [6, 6.07) is 24.8. The van der Waals surface area contributed by atoms with Crippen LogP contribution in [0.1, 0.15) is 27.1 Å². The quantitative estimate of drug-likeness (QED) is 0.388. The second kappa shape index (κ2) is 10.3. The smallest absolute Gasteiger partial charge is 0.355 e. The van der Waals surface area contributed by atoms with Gasteiger partial charge in [0, 0.05) is 34.9 Å². The maximum atomic E-state index is 14.2. The minimum absolute atomic E-state index is 0.0556. The van der Waals surface area contributed by atoms with E-state index < -0.39 is 0 Å². The summed E-state index contributed by atoms with van der Waals surface area (Å²) < 4.78 is 0.215. The molecule has 188 valence electrons. The van der Waals surface area contributed by atoms with E-state index in [1.165, 1.54) is 0 Å². The fourth-order valence-corrected chi connectivity index (χ4v) is 6.44. The summed E-state index contributed by atoms with van der Waals surface area (Å²) in [6.07, 6.45) is 11.1. The van der Waals surface area contributed by atoms with Crippen LogP contribution in [0.4, 0.5) is 5.69 Å². The van der Waals surface area contributed by atoms with Crippen LogP contribution < -0.4 is 10.6 Å². The normalized spacial score (nSPS) is 19.9. The summed E-state index contributed by atoms with van der Waals surface area (Å²) >= 11 is 1.86. The van der Waals surface area contributed by atoms with Crippen LogP contribution in [0.3, 0.4) is 0 Å². The summed E-state index contributed by atoms with van der Waals surface area (Å²) in [7, 11) is 0. The molecule has 0 saturated carbocycles. The van der Waals surface area contributed by atoms with Crippen molar-refractivity contribution in [3.05, 3.63) is 138 Å². The molecule has 0 radical (unpaired) electrons. The summed E-state index contributed by atoms with van der Waals surface area (Å²) in [5.41, 5.74) is 7.00. The molecule has 1 aliphatic carbocycles. The Morgan fingerprint density at radius 2 is 1.68 bits per heavy atom. The van der Waals surface area contributed by atoms with Gasteiger partial charge in [0.05, 0.1) is 17.5 Å². The van der Waals surface area contributed by atoms with Crippen molar-refractivity contribution in [3.63, 3.8) is 0 Å². The lowest BCUT2D eigenvalue weighted by molar-refractivity contribution is -0.766. The Morgan fingerprint density at radius 3 is 2.53 bits per heavy atom. The Bertz CT molecular complexity index is 1520. The van der Waals surface area contributed by atoms with Crippen molar-refractivity contribution in [2.45, 2.75) is 6.42 Å². The van der Waals surface area contributed by atoms with Gasteiger partial charge in [-0.2, -0.15) is 4.48 Å². The molecule has 3 aromatic rings. The van der Waals surface area contributed by atoms with Gasteiger partial charge in [-0.3, -0.25) is 4.79 Å². The van der Waals surface area contributed by atoms with Crippen LogP contribution in [0, 0.1) is 0 Å². The van der Waals surface area contributed by atoms with Crippen molar-refractivity contribution < 1.29 is 14.1 Å². The topological polar surface area (TPSA) is 58.2 Å². The molecular weight excluding hydrogens is 490 g/mol. The molecule has 38 heavy (non-hydrogen) atoms. The van der Waals surface area contributed by atoms with Crippen LogP contribution in [-0.4, -0.2) is 34.3 Å². The van der Waals surface area contributed by atoms with Gasteiger partial charge >= 0.3 is 5.91 Å². The highest BCUT2D eigenvalue weighted by Crippen LogP contribution is 2.41. The molecule has 6 rings (SSSR count). The molecule has 3 aromatic carbocycles. The summed E-state index contributed by atoms with van der Waals surface area (Å²) in [5.74, 6) is 1.58. The van der Waals surface area contributed by atoms with Gasteiger partial charge in [-0.05, 0) is 47.9 Å². The van der Waals surface area contributed by atoms with Crippen molar-refractivity contribution in [3.8, 4) is 11.1 Å². The monoisotopic (exact) mass is 518 g/mol. The zero-order chi connectivity index (χ0) is 26.0. The van der Waals surface area contributed by atoms with Crippen molar-refractivity contribution >= 4 is 29.3 Å². The zero-order valence-corrected chi connectivity index (χ0v) is 21.7. The molecule has 2 amide bonds. The van der Waals surface area contributed by atoms with Crippen LogP contribution in [-0.2, 0) is 0 Å². The number of hydrogen-bond donors (Lipinski definition) is 2. The Kier molecular flexibility index (Phi) is 6.58. The molecule has 5 nitrogen and oxygen atoms in total. The van der Waals surface area contributed by atoms with Gasteiger partial charge in [-0.25, -0.2) is 4.79 Å². The SMILES string of the molecule is O=C(Nc1ccc(C(=O)[N+]23CCSCC2=CNC=C2CC=CC=C23)cc1)c1ccccc1-c1ccccc1. The van der Waals surface area contributed by atoms with E-state index in [-0.39, 0.29) is 16.3 Å². The second-order valence-corrected chi connectivity index (χ2v) is 10.6. The van der Waals surface area contributed by atoms with E-state index in [4.69, 9.17) is 0 Å². The molecule has 2 heterocycles. The van der Waals surface area contributed by atoms with Crippen LogP contribution in [0.15, 0.2) is 126 Å². The number of thioether (sulfide) groups is 1. The van der Waals surface area contributed by atoms with Gasteiger partial charge in [-0.1, -0.05) is 60.7 Å². The fourth-order valence-electron chi connectivity index (χ4n) is 5.38. The molecule has 0 bridgehead atoms. The van der Waals surface area contributed by atoms with Gasteiger partial charge in [0.15, 0.2) is 5.70 Å². The standard InChI is InChI=1S/C32H27N3O2S/c36-31(29-12-6-5-11-28(29)23-8-2-1-3-9-23)34-26-16-14-24(15-17-26)32(37)35-18-19-38-22-27(35)21-33-20-25-10-4-7-13-30(25)35/h1-9,11-17,20-21,33H,10,18-19,22H2/p+1. The fraction of sp³-hybridized carbons (Fsp3) is 0.125. The lowest BCUT2D eigenvalue weighted by atomic mass is 9.98. The van der Waals surface area contributed by atoms with E-state index >= 15 is 0 Å². The molecule has 6 heteroatoms. The molecule has 2 aliphatic heterocycles. The van der Waals surface area contributed by atoms with Gasteiger partial charge in [0.1, 0.15) is 12.2 Å². The third kappa shape index (κ3) is 4.32. The van der Waals surface area contributed by atoms with Crippen molar-refractivity contribution in [2.75, 3.05) is 23.4 Å². The first kappa shape index (κ1) is 24.2. The molecule has 2 N–H and O–H groups in total. The Balaban J connectivity index is 1.28. The third-order valence-electron chi connectivity index (χ3n) is 7.28. The molecule has 1 fully saturated rings. The van der Waals surface area contributed by atoms with E-state index in [2.05, 4.69) is 28.9 Å². The largest absolute Gasteiger partial charge is 0.363 e. The number of rotatable bonds is 4. The second-order valence-electron chi connectivity index (χ2n) is 9.49. The number of nitrogens with one attached hydrogen (secondary N) is 2. The molecule has 0 spiro atoms. The predicted octanol–water partition coefficient (Wildman–Crippen LogP) is 6.48. The average molecular weight is 519 g/mol. The first-order valence-electron chi connectivity index (χ1n) is 12.8. The van der Waals surface area contributed by atoms with Crippen molar-refractivity contribution in [1.29, 1.82) is 0 Å². The van der Waals surface area contributed by atoms with E-state index in [0.717, 1.165) is 46.0 Å². The zero-order valence-electron chi connectivity index (χ0n) is 20.9. The van der Waals surface area contributed by atoms with Gasteiger partial charge in [0.2, 0.25) is 0 Å². The molecule has 0 aromatic heterocycles. The number of carbonyl (C=O) groups excluding carboxylic acids is 2. The highest BCUT2D eigenvalue weighted by atomic mass is 32.2. The van der Waals surface area contributed by atoms with Crippen LogP contribution in [0.25, 0.3) is 11.1 Å². The maximum Gasteiger partial charge on any atom is 0.355 e. The predicted molar refractivity (Wildman–Crippen MR) is 154 cm³/mol. The number of amides is 2. The molecule has 1 saturated heterocycles. The molecule has 3 aliphatic rings. The third-order valence-corrected chi connectivity index (χ3v) is 8.25. The highest BCUT2D eigenvalue weighted by molar-refractivity contribution is 7.99. The number of carbonyl (C=O) groups is 2. The number of benzene rings is 3. The van der Waals surface area contributed by atoms with Gasteiger partial charge < -0.3 is 10.6 Å². The number of anilines is 1. The van der Waals surface area contributed by atoms with E-state index in [0.29, 0.717) is 23.4 Å². The summed E-state index contributed by atoms with van der Waals surface area (Å²) in [5, 5.41) is 6.33. The van der Waals surface area contributed by atoms with E-state index in [1.54, 1.807) is 0 Å². The molecular formula is C32H28N3O2S+. The Labute approximate surface area is 226 Å². The van der Waals surface area contributed by atoms with E-state index in [1.807, 2.05) is 103 Å². The van der Waals surface area contributed by atoms with Gasteiger partial charge in [-0.15, -0.1) is 11.8 Å². The van der Waals surface area contributed by atoms with Crippen LogP contribution in [0.5, 0.6) is 0 Å². The van der Waals surface area contributed by atoms with Crippen molar-refractivity contribution in [2.24, 2.45) is 0 Å². The van der Waals surface area contributed by atoms with Gasteiger partial charge in [0.25, 0.3) is 5.91 Å². The first-order valence-corrected chi connectivity index (χ1v) is 13.9. The number of allylic oxidation sites excluding steroid dienone is 4. The number of nitrogens with zero attached hydrogens (tertiary/aromatic N) is 1. The lowest BCUT2D eigenvalue weighted by Gasteiger charge is -2.41. The van der Waals surface area contributed by atoms with E-state index in [9.17, 15) is 9.59 Å². The number of quaternary nitrogens is 1. The summed E-state index contributed by atoms with van der Waals surface area (Å²) in [6.45, 7) is 0.711. The average Bonchev–Trinajstić information content (AvgIpc) is 3.15. The first-order chi connectivity index (χ1) is 18.7. The van der Waals surface area contributed by atoms with Crippen LogP contribution >= 0.6 is 11.8 Å². The Hall–Kier alpha value is -4.13. The number of hydrogen-bond acceptors (Lipinski definition) is 4. The minimum atomic E-state index is -0.184.